The van der Waals surface area contributed by atoms with Crippen molar-refractivity contribution >= 4 is 27.7 Å². The van der Waals surface area contributed by atoms with Gasteiger partial charge in [0.05, 0.1) is 5.69 Å². The number of fused-ring (bicyclic) bond motifs is 1. The Morgan fingerprint density at radius 3 is 2.65 bits per heavy atom. The molecule has 0 amide bonds. The fraction of sp³-hybridized carbons (Fsp3) is 0.455. The van der Waals surface area contributed by atoms with Crippen LogP contribution in [0.15, 0.2) is 29.2 Å². The van der Waals surface area contributed by atoms with E-state index < -0.39 is 10.2 Å². The Morgan fingerprint density at radius 1 is 1.35 bits per heavy atom. The van der Waals surface area contributed by atoms with Crippen LogP contribution in [0.1, 0.15) is 6.92 Å². The summed E-state index contributed by atoms with van der Waals surface area (Å²) >= 11 is 1.72. The maximum atomic E-state index is 12.2. The van der Waals surface area contributed by atoms with Gasteiger partial charge >= 0.3 is 10.2 Å². The summed E-state index contributed by atoms with van der Waals surface area (Å²) in [6, 6.07) is 7.63. The summed E-state index contributed by atoms with van der Waals surface area (Å²) in [5.74, 6) is 0. The highest BCUT2D eigenvalue weighted by molar-refractivity contribution is 8.00. The van der Waals surface area contributed by atoms with Crippen LogP contribution < -0.4 is 4.31 Å². The van der Waals surface area contributed by atoms with Crippen molar-refractivity contribution in [3.05, 3.63) is 24.3 Å². The minimum absolute atomic E-state index is 0.264. The summed E-state index contributed by atoms with van der Waals surface area (Å²) < 4.78 is 27.2. The number of rotatable bonds is 2. The summed E-state index contributed by atoms with van der Waals surface area (Å²) in [4.78, 5) is 1.02. The normalized spacial score (nSPS) is 20.5. The van der Waals surface area contributed by atoms with E-state index >= 15 is 0 Å². The van der Waals surface area contributed by atoms with Gasteiger partial charge in [-0.2, -0.15) is 12.7 Å². The lowest BCUT2D eigenvalue weighted by atomic mass is 10.3. The zero-order chi connectivity index (χ0) is 12.6. The van der Waals surface area contributed by atoms with Gasteiger partial charge in [-0.3, -0.25) is 4.31 Å². The van der Waals surface area contributed by atoms with Crippen molar-refractivity contribution in [1.29, 1.82) is 0 Å². The average Bonchev–Trinajstić information content (AvgIpc) is 2.27. The molecule has 1 unspecified atom stereocenters. The average molecular weight is 272 g/mol. The maximum absolute atomic E-state index is 12.2. The molecule has 1 aromatic carbocycles. The standard InChI is InChI=1S/C11H16N2O2S2/c1-9-8-13(17(14,15)12(2)3)10-6-4-5-7-11(10)16-9/h4-7,9H,8H2,1-3H3. The van der Waals surface area contributed by atoms with E-state index in [-0.39, 0.29) is 5.25 Å². The molecule has 0 aliphatic carbocycles. The Kier molecular flexibility index (Phi) is 3.38. The molecule has 2 rings (SSSR count). The van der Waals surface area contributed by atoms with E-state index in [2.05, 4.69) is 0 Å². The van der Waals surface area contributed by atoms with Crippen LogP contribution in [0, 0.1) is 0 Å². The Balaban J connectivity index is 2.50. The summed E-state index contributed by atoms with van der Waals surface area (Å²) in [6.45, 7) is 2.56. The maximum Gasteiger partial charge on any atom is 0.303 e. The van der Waals surface area contributed by atoms with Crippen LogP contribution in [-0.4, -0.2) is 38.6 Å². The van der Waals surface area contributed by atoms with E-state index in [9.17, 15) is 8.42 Å². The number of thioether (sulfide) groups is 1. The third kappa shape index (κ3) is 2.29. The fourth-order valence-electron chi connectivity index (χ4n) is 1.76. The summed E-state index contributed by atoms with van der Waals surface area (Å²) in [5, 5.41) is 0.264. The molecule has 0 spiro atoms. The van der Waals surface area contributed by atoms with Gasteiger partial charge in [-0.1, -0.05) is 19.1 Å². The lowest BCUT2D eigenvalue weighted by Gasteiger charge is -2.34. The van der Waals surface area contributed by atoms with Crippen LogP contribution in [0.5, 0.6) is 0 Å². The van der Waals surface area contributed by atoms with Gasteiger partial charge in [0, 0.05) is 30.8 Å². The molecule has 1 aliphatic rings. The molecule has 1 aromatic rings. The van der Waals surface area contributed by atoms with Gasteiger partial charge in [-0.15, -0.1) is 11.8 Å². The van der Waals surface area contributed by atoms with Crippen molar-refractivity contribution < 1.29 is 8.42 Å². The zero-order valence-electron chi connectivity index (χ0n) is 10.1. The molecule has 0 radical (unpaired) electrons. The Labute approximate surface area is 107 Å². The predicted octanol–water partition coefficient (Wildman–Crippen LogP) is 1.79. The van der Waals surface area contributed by atoms with Gasteiger partial charge < -0.3 is 0 Å². The van der Waals surface area contributed by atoms with E-state index in [1.807, 2.05) is 31.2 Å². The molecule has 1 atom stereocenters. The highest BCUT2D eigenvalue weighted by Gasteiger charge is 2.32. The van der Waals surface area contributed by atoms with Crippen molar-refractivity contribution in [1.82, 2.24) is 4.31 Å². The molecule has 17 heavy (non-hydrogen) atoms. The molecule has 0 saturated carbocycles. The van der Waals surface area contributed by atoms with Crippen molar-refractivity contribution in [2.24, 2.45) is 0 Å². The fourth-order valence-corrected chi connectivity index (χ4v) is 4.24. The lowest BCUT2D eigenvalue weighted by Crippen LogP contribution is -2.44. The third-order valence-electron chi connectivity index (χ3n) is 2.62. The first kappa shape index (κ1) is 12.7. The minimum Gasteiger partial charge on any atom is -0.255 e. The predicted molar refractivity (Wildman–Crippen MR) is 71.7 cm³/mol. The first-order valence-electron chi connectivity index (χ1n) is 5.39. The zero-order valence-corrected chi connectivity index (χ0v) is 11.8. The molecule has 0 fully saturated rings. The Morgan fingerprint density at radius 2 is 2.00 bits per heavy atom. The van der Waals surface area contributed by atoms with Crippen LogP contribution in [0.2, 0.25) is 0 Å². The van der Waals surface area contributed by atoms with Crippen molar-refractivity contribution in [2.75, 3.05) is 24.9 Å². The van der Waals surface area contributed by atoms with E-state index in [1.165, 1.54) is 8.61 Å². The van der Waals surface area contributed by atoms with Gasteiger partial charge in [0.1, 0.15) is 0 Å². The van der Waals surface area contributed by atoms with Crippen LogP contribution in [0.25, 0.3) is 0 Å². The van der Waals surface area contributed by atoms with E-state index in [0.717, 1.165) is 10.6 Å². The molecule has 0 aromatic heterocycles. The molecule has 1 aliphatic heterocycles. The molecular formula is C11H16N2O2S2. The molecule has 0 bridgehead atoms. The summed E-state index contributed by atoms with van der Waals surface area (Å²) in [7, 11) is -0.273. The molecule has 4 nitrogen and oxygen atoms in total. The number of benzene rings is 1. The first-order valence-corrected chi connectivity index (χ1v) is 7.66. The quantitative estimate of drug-likeness (QED) is 0.824. The minimum atomic E-state index is -3.39. The van der Waals surface area contributed by atoms with Gasteiger partial charge in [0.2, 0.25) is 0 Å². The summed E-state index contributed by atoms with van der Waals surface area (Å²) in [6.07, 6.45) is 0. The second-order valence-corrected chi connectivity index (χ2v) is 7.76. The van der Waals surface area contributed by atoms with Gasteiger partial charge in [0.25, 0.3) is 0 Å². The third-order valence-corrected chi connectivity index (χ3v) is 5.60. The molecular weight excluding hydrogens is 256 g/mol. The Hall–Kier alpha value is -0.720. The monoisotopic (exact) mass is 272 g/mol. The van der Waals surface area contributed by atoms with Crippen LogP contribution >= 0.6 is 11.8 Å². The highest BCUT2D eigenvalue weighted by Crippen LogP contribution is 2.39. The van der Waals surface area contributed by atoms with Gasteiger partial charge in [-0.25, -0.2) is 0 Å². The van der Waals surface area contributed by atoms with Gasteiger partial charge in [0.15, 0.2) is 0 Å². The number of hydrogen-bond donors (Lipinski definition) is 0. The second-order valence-electron chi connectivity index (χ2n) is 4.22. The molecule has 1 heterocycles. The van der Waals surface area contributed by atoms with Crippen molar-refractivity contribution in [3.63, 3.8) is 0 Å². The molecule has 6 heteroatoms. The highest BCUT2D eigenvalue weighted by atomic mass is 32.2. The number of para-hydroxylation sites is 1. The summed E-state index contributed by atoms with van der Waals surface area (Å²) in [5.41, 5.74) is 0.782. The topological polar surface area (TPSA) is 40.6 Å². The molecule has 0 saturated heterocycles. The lowest BCUT2D eigenvalue weighted by molar-refractivity contribution is 0.514. The van der Waals surface area contributed by atoms with Gasteiger partial charge in [-0.05, 0) is 12.1 Å². The Bertz CT molecular complexity index is 514. The SMILES string of the molecule is CC1CN(S(=O)(=O)N(C)C)c2ccccc2S1. The molecule has 94 valence electrons. The van der Waals surface area contributed by atoms with E-state index in [4.69, 9.17) is 0 Å². The largest absolute Gasteiger partial charge is 0.303 e. The second kappa shape index (κ2) is 4.51. The van der Waals surface area contributed by atoms with Crippen molar-refractivity contribution in [2.45, 2.75) is 17.1 Å². The molecule has 0 N–H and O–H groups in total. The van der Waals surface area contributed by atoms with Crippen molar-refractivity contribution in [3.8, 4) is 0 Å². The number of hydrogen-bond acceptors (Lipinski definition) is 3. The van der Waals surface area contributed by atoms with Crippen LogP contribution in [0.4, 0.5) is 5.69 Å². The number of anilines is 1. The van der Waals surface area contributed by atoms with Crippen LogP contribution in [-0.2, 0) is 10.2 Å². The van der Waals surface area contributed by atoms with E-state index in [0.29, 0.717) is 6.54 Å². The smallest absolute Gasteiger partial charge is 0.255 e. The van der Waals surface area contributed by atoms with E-state index in [1.54, 1.807) is 25.9 Å². The first-order chi connectivity index (χ1) is 7.93. The van der Waals surface area contributed by atoms with Crippen LogP contribution in [0.3, 0.4) is 0 Å². The number of nitrogens with zero attached hydrogens (tertiary/aromatic N) is 2.